The van der Waals surface area contributed by atoms with Crippen LogP contribution in [-0.2, 0) is 14.4 Å². The van der Waals surface area contributed by atoms with Gasteiger partial charge >= 0.3 is 0 Å². The van der Waals surface area contributed by atoms with Crippen LogP contribution in [0, 0.1) is 17.8 Å². The topological polar surface area (TPSA) is 66.1 Å². The predicted molar refractivity (Wildman–Crippen MR) is 107 cm³/mol. The monoisotopic (exact) mass is 394 g/mol. The highest BCUT2D eigenvalue weighted by Gasteiger charge is 2.39. The normalized spacial score (nSPS) is 36.2. The Balaban J connectivity index is 1.19. The summed E-state index contributed by atoms with van der Waals surface area (Å²) in [6.45, 7) is 9.68. The molecule has 1 saturated carbocycles. The lowest BCUT2D eigenvalue weighted by Crippen LogP contribution is -2.49. The van der Waals surface area contributed by atoms with Crippen molar-refractivity contribution in [2.45, 2.75) is 70.8 Å². The van der Waals surface area contributed by atoms with E-state index in [1.165, 1.54) is 25.7 Å². The van der Waals surface area contributed by atoms with Crippen LogP contribution in [0.25, 0.3) is 0 Å². The van der Waals surface area contributed by atoms with E-state index in [1.807, 2.05) is 18.7 Å². The van der Waals surface area contributed by atoms with Crippen LogP contribution in [0.1, 0.15) is 52.4 Å². The van der Waals surface area contributed by atoms with Gasteiger partial charge in [-0.05, 0) is 44.4 Å². The van der Waals surface area contributed by atoms with Gasteiger partial charge in [0.05, 0.1) is 19.4 Å². The Morgan fingerprint density at radius 1 is 0.929 bits per heavy atom. The Hall–Kier alpha value is -0.730. The molecule has 3 heterocycles. The minimum atomic E-state index is 0.0968. The summed E-state index contributed by atoms with van der Waals surface area (Å²) in [4.78, 5) is 22.8. The molecule has 4 aliphatic rings. The SMILES string of the molecule is CC(C)C(=O)N1CCC(C2NOC(C3CCC(N4CCOCC4)CC3)N2)CC1. The van der Waals surface area contributed by atoms with E-state index in [0.717, 1.165) is 58.3 Å². The van der Waals surface area contributed by atoms with E-state index < -0.39 is 0 Å². The summed E-state index contributed by atoms with van der Waals surface area (Å²) in [5, 5.41) is 3.72. The van der Waals surface area contributed by atoms with Crippen molar-refractivity contribution >= 4 is 5.91 Å². The van der Waals surface area contributed by atoms with Gasteiger partial charge in [0.2, 0.25) is 5.91 Å². The molecule has 7 heteroatoms. The maximum Gasteiger partial charge on any atom is 0.225 e. The zero-order valence-electron chi connectivity index (χ0n) is 17.6. The summed E-state index contributed by atoms with van der Waals surface area (Å²) >= 11 is 0. The second kappa shape index (κ2) is 9.39. The zero-order valence-corrected chi connectivity index (χ0v) is 17.6. The molecular formula is C21H38N4O3. The molecule has 0 bridgehead atoms. The maximum atomic E-state index is 12.2. The van der Waals surface area contributed by atoms with Crippen LogP contribution in [0.15, 0.2) is 0 Å². The van der Waals surface area contributed by atoms with Crippen LogP contribution in [0.5, 0.6) is 0 Å². The first-order valence-electron chi connectivity index (χ1n) is 11.4. The number of hydroxylamine groups is 1. The fourth-order valence-electron chi connectivity index (χ4n) is 5.39. The molecule has 2 N–H and O–H groups in total. The largest absolute Gasteiger partial charge is 0.379 e. The van der Waals surface area contributed by atoms with Crippen molar-refractivity contribution in [1.29, 1.82) is 0 Å². The number of carbonyl (C=O) groups excluding carboxylic acids is 1. The second-order valence-corrected chi connectivity index (χ2v) is 9.34. The molecule has 7 nitrogen and oxygen atoms in total. The summed E-state index contributed by atoms with van der Waals surface area (Å²) in [7, 11) is 0. The van der Waals surface area contributed by atoms with Gasteiger partial charge in [0.15, 0.2) is 0 Å². The third-order valence-corrected chi connectivity index (χ3v) is 7.21. The number of nitrogens with zero attached hydrogens (tertiary/aromatic N) is 2. The number of hydrogen-bond donors (Lipinski definition) is 2. The Labute approximate surface area is 169 Å². The number of carbonyl (C=O) groups is 1. The summed E-state index contributed by atoms with van der Waals surface area (Å²) in [5.41, 5.74) is 3.27. The molecule has 3 saturated heterocycles. The van der Waals surface area contributed by atoms with Crippen molar-refractivity contribution in [2.75, 3.05) is 39.4 Å². The molecule has 3 aliphatic heterocycles. The maximum absolute atomic E-state index is 12.2. The van der Waals surface area contributed by atoms with Gasteiger partial charge in [0.25, 0.3) is 0 Å². The van der Waals surface area contributed by atoms with Gasteiger partial charge in [0, 0.05) is 44.1 Å². The highest BCUT2D eigenvalue weighted by atomic mass is 16.7. The number of morpholine rings is 1. The molecule has 2 unspecified atom stereocenters. The fraction of sp³-hybridized carbons (Fsp3) is 0.952. The van der Waals surface area contributed by atoms with E-state index in [0.29, 0.717) is 11.8 Å². The van der Waals surface area contributed by atoms with Crippen LogP contribution in [0.4, 0.5) is 0 Å². The van der Waals surface area contributed by atoms with E-state index in [2.05, 4.69) is 15.7 Å². The van der Waals surface area contributed by atoms with Crippen LogP contribution in [0.3, 0.4) is 0 Å². The average molecular weight is 395 g/mol. The van der Waals surface area contributed by atoms with Crippen molar-refractivity contribution < 1.29 is 14.4 Å². The number of rotatable bonds is 4. The van der Waals surface area contributed by atoms with Crippen molar-refractivity contribution in [1.82, 2.24) is 20.6 Å². The Morgan fingerprint density at radius 3 is 2.25 bits per heavy atom. The molecule has 2 atom stereocenters. The molecule has 1 amide bonds. The van der Waals surface area contributed by atoms with Crippen molar-refractivity contribution in [2.24, 2.45) is 17.8 Å². The lowest BCUT2D eigenvalue weighted by atomic mass is 9.84. The molecule has 0 radical (unpaired) electrons. The first-order valence-corrected chi connectivity index (χ1v) is 11.4. The summed E-state index contributed by atoms with van der Waals surface area (Å²) in [5.74, 6) is 1.51. The van der Waals surface area contributed by atoms with E-state index in [9.17, 15) is 4.79 Å². The number of likely N-dealkylation sites (tertiary alicyclic amines) is 1. The second-order valence-electron chi connectivity index (χ2n) is 9.34. The molecule has 28 heavy (non-hydrogen) atoms. The van der Waals surface area contributed by atoms with Gasteiger partial charge in [-0.15, -0.1) is 0 Å². The molecule has 0 aromatic carbocycles. The summed E-state index contributed by atoms with van der Waals surface area (Å²) in [6.07, 6.45) is 7.44. The van der Waals surface area contributed by atoms with Crippen LogP contribution in [-0.4, -0.2) is 73.5 Å². The van der Waals surface area contributed by atoms with Crippen molar-refractivity contribution in [3.8, 4) is 0 Å². The Morgan fingerprint density at radius 2 is 1.61 bits per heavy atom. The number of piperidine rings is 1. The molecule has 160 valence electrons. The number of hydrogen-bond acceptors (Lipinski definition) is 6. The molecule has 0 aromatic heterocycles. The Bertz CT molecular complexity index is 510. The van der Waals surface area contributed by atoms with Crippen LogP contribution in [0.2, 0.25) is 0 Å². The van der Waals surface area contributed by atoms with Crippen molar-refractivity contribution in [3.05, 3.63) is 0 Å². The average Bonchev–Trinajstić information content (AvgIpc) is 3.24. The van der Waals surface area contributed by atoms with Gasteiger partial charge in [0.1, 0.15) is 6.23 Å². The van der Waals surface area contributed by atoms with Crippen molar-refractivity contribution in [3.63, 3.8) is 0 Å². The highest BCUT2D eigenvalue weighted by Crippen LogP contribution is 2.33. The molecule has 4 fully saturated rings. The van der Waals surface area contributed by atoms with Gasteiger partial charge < -0.3 is 9.64 Å². The zero-order chi connectivity index (χ0) is 19.5. The highest BCUT2D eigenvalue weighted by molar-refractivity contribution is 5.78. The standard InChI is InChI=1S/C21H38N4O3/c1-15(2)21(26)25-9-7-16(8-10-25)19-22-20(28-23-19)17-3-5-18(6-4-17)24-11-13-27-14-12-24/h15-20,22-23H,3-14H2,1-2H3. The van der Waals surface area contributed by atoms with Crippen LogP contribution >= 0.6 is 0 Å². The smallest absolute Gasteiger partial charge is 0.225 e. The summed E-state index contributed by atoms with van der Waals surface area (Å²) < 4.78 is 5.49. The third-order valence-electron chi connectivity index (χ3n) is 7.21. The summed E-state index contributed by atoms with van der Waals surface area (Å²) in [6, 6.07) is 0.730. The van der Waals surface area contributed by atoms with E-state index in [1.54, 1.807) is 0 Å². The van der Waals surface area contributed by atoms with E-state index in [-0.39, 0.29) is 24.2 Å². The minimum Gasteiger partial charge on any atom is -0.379 e. The van der Waals surface area contributed by atoms with E-state index in [4.69, 9.17) is 9.57 Å². The Kier molecular flexibility index (Phi) is 6.89. The van der Waals surface area contributed by atoms with Gasteiger partial charge in [-0.3, -0.25) is 19.8 Å². The van der Waals surface area contributed by atoms with Gasteiger partial charge in [-0.1, -0.05) is 13.8 Å². The number of ether oxygens (including phenoxy) is 1. The molecular weight excluding hydrogens is 356 g/mol. The molecule has 0 spiro atoms. The number of amides is 1. The van der Waals surface area contributed by atoms with Gasteiger partial charge in [-0.25, -0.2) is 0 Å². The number of nitrogens with one attached hydrogen (secondary N) is 2. The molecule has 1 aliphatic carbocycles. The quantitative estimate of drug-likeness (QED) is 0.754. The lowest BCUT2D eigenvalue weighted by Gasteiger charge is -2.39. The molecule has 4 rings (SSSR count). The minimum absolute atomic E-state index is 0.0968. The van der Waals surface area contributed by atoms with E-state index >= 15 is 0 Å². The molecule has 0 aromatic rings. The van der Waals surface area contributed by atoms with Gasteiger partial charge in [-0.2, -0.15) is 5.48 Å². The predicted octanol–water partition coefficient (Wildman–Crippen LogP) is 1.55. The fourth-order valence-corrected chi connectivity index (χ4v) is 5.39. The lowest BCUT2D eigenvalue weighted by molar-refractivity contribution is -0.136. The van der Waals surface area contributed by atoms with Crippen LogP contribution < -0.4 is 10.8 Å². The first kappa shape index (κ1) is 20.5. The third kappa shape index (κ3) is 4.70. The first-order chi connectivity index (χ1) is 13.6.